The van der Waals surface area contributed by atoms with E-state index in [9.17, 15) is 4.79 Å². The van der Waals surface area contributed by atoms with Crippen molar-refractivity contribution in [3.8, 4) is 11.5 Å². The van der Waals surface area contributed by atoms with Crippen molar-refractivity contribution in [2.45, 2.75) is 39.5 Å². The fraction of sp³-hybridized carbons (Fsp3) is 0.381. The van der Waals surface area contributed by atoms with Gasteiger partial charge in [0.15, 0.2) is 0 Å². The monoisotopic (exact) mass is 326 g/mol. The van der Waals surface area contributed by atoms with Gasteiger partial charge in [0.05, 0.1) is 13.0 Å². The van der Waals surface area contributed by atoms with E-state index in [1.54, 1.807) is 7.11 Å². The summed E-state index contributed by atoms with van der Waals surface area (Å²) >= 11 is 0. The third kappa shape index (κ3) is 3.78. The summed E-state index contributed by atoms with van der Waals surface area (Å²) < 4.78 is 10.6. The number of rotatable bonds is 6. The number of esters is 1. The van der Waals surface area contributed by atoms with Crippen LogP contribution in [0.1, 0.15) is 45.2 Å². The van der Waals surface area contributed by atoms with E-state index < -0.39 is 0 Å². The zero-order valence-corrected chi connectivity index (χ0v) is 15.1. The molecule has 3 nitrogen and oxygen atoms in total. The lowest BCUT2D eigenvalue weighted by Crippen LogP contribution is -2.22. The van der Waals surface area contributed by atoms with Crippen molar-refractivity contribution in [1.82, 2.24) is 0 Å². The minimum atomic E-state index is -0.212. The summed E-state index contributed by atoms with van der Waals surface area (Å²) in [5.41, 5.74) is 2.32. The molecule has 0 fully saturated rings. The average Bonchev–Trinajstić information content (AvgIpc) is 2.61. The second kappa shape index (κ2) is 7.52. The minimum Gasteiger partial charge on any atom is -0.497 e. The number of benzene rings is 2. The van der Waals surface area contributed by atoms with Crippen LogP contribution < -0.4 is 9.47 Å². The summed E-state index contributed by atoms with van der Waals surface area (Å²) in [6, 6.07) is 16.0. The standard InChI is InChI=1S/C21H26O3/c1-6-21(4,16-7-11-18(23-5)12-8-16)17-9-13-19(14-10-17)24-20(22)15(2)3/h7-15H,6H2,1-5H3. The summed E-state index contributed by atoms with van der Waals surface area (Å²) in [5, 5.41) is 0. The Morgan fingerprint density at radius 3 is 1.79 bits per heavy atom. The molecule has 0 saturated carbocycles. The van der Waals surface area contributed by atoms with E-state index >= 15 is 0 Å². The molecule has 0 aromatic heterocycles. The maximum atomic E-state index is 11.7. The Morgan fingerprint density at radius 2 is 1.42 bits per heavy atom. The van der Waals surface area contributed by atoms with Crippen LogP contribution in [-0.2, 0) is 10.2 Å². The second-order valence-corrected chi connectivity index (χ2v) is 6.51. The normalized spacial score (nSPS) is 13.4. The van der Waals surface area contributed by atoms with Gasteiger partial charge in [0.25, 0.3) is 0 Å². The van der Waals surface area contributed by atoms with Crippen molar-refractivity contribution in [3.63, 3.8) is 0 Å². The van der Waals surface area contributed by atoms with Crippen LogP contribution >= 0.6 is 0 Å². The Balaban J connectivity index is 2.27. The molecule has 24 heavy (non-hydrogen) atoms. The van der Waals surface area contributed by atoms with Gasteiger partial charge in [-0.1, -0.05) is 52.0 Å². The van der Waals surface area contributed by atoms with Crippen LogP contribution in [0.3, 0.4) is 0 Å². The summed E-state index contributed by atoms with van der Waals surface area (Å²) in [7, 11) is 1.67. The van der Waals surface area contributed by atoms with Crippen molar-refractivity contribution in [3.05, 3.63) is 59.7 Å². The number of carbonyl (C=O) groups is 1. The number of methoxy groups -OCH3 is 1. The topological polar surface area (TPSA) is 35.5 Å². The highest BCUT2D eigenvalue weighted by Gasteiger charge is 2.27. The van der Waals surface area contributed by atoms with E-state index in [-0.39, 0.29) is 17.3 Å². The van der Waals surface area contributed by atoms with Crippen molar-refractivity contribution in [2.24, 2.45) is 5.92 Å². The first kappa shape index (κ1) is 18.1. The Morgan fingerprint density at radius 1 is 0.958 bits per heavy atom. The van der Waals surface area contributed by atoms with Gasteiger partial charge in [0.2, 0.25) is 0 Å². The Kier molecular flexibility index (Phi) is 5.66. The van der Waals surface area contributed by atoms with Gasteiger partial charge in [-0.3, -0.25) is 4.79 Å². The predicted molar refractivity (Wildman–Crippen MR) is 96.7 cm³/mol. The van der Waals surface area contributed by atoms with Crippen LogP contribution in [-0.4, -0.2) is 13.1 Å². The zero-order chi connectivity index (χ0) is 17.7. The molecule has 3 heteroatoms. The summed E-state index contributed by atoms with van der Waals surface area (Å²) in [4.78, 5) is 11.7. The molecule has 1 unspecified atom stereocenters. The molecular formula is C21H26O3. The third-order valence-electron chi connectivity index (χ3n) is 4.62. The maximum absolute atomic E-state index is 11.7. The Labute approximate surface area is 144 Å². The lowest BCUT2D eigenvalue weighted by molar-refractivity contribution is -0.137. The molecule has 2 rings (SSSR count). The van der Waals surface area contributed by atoms with Crippen LogP contribution in [0.25, 0.3) is 0 Å². The lowest BCUT2D eigenvalue weighted by Gasteiger charge is -2.30. The molecule has 1 atom stereocenters. The fourth-order valence-electron chi connectivity index (χ4n) is 2.66. The highest BCUT2D eigenvalue weighted by Crippen LogP contribution is 2.36. The molecule has 2 aromatic carbocycles. The molecule has 2 aromatic rings. The highest BCUT2D eigenvalue weighted by atomic mass is 16.5. The second-order valence-electron chi connectivity index (χ2n) is 6.51. The predicted octanol–water partition coefficient (Wildman–Crippen LogP) is 4.97. The number of hydrogen-bond donors (Lipinski definition) is 0. The van der Waals surface area contributed by atoms with Gasteiger partial charge < -0.3 is 9.47 Å². The van der Waals surface area contributed by atoms with Crippen molar-refractivity contribution in [2.75, 3.05) is 7.11 Å². The molecule has 0 saturated heterocycles. The highest BCUT2D eigenvalue weighted by molar-refractivity contribution is 5.74. The van der Waals surface area contributed by atoms with Crippen LogP contribution in [0.2, 0.25) is 0 Å². The number of carbonyl (C=O) groups excluding carboxylic acids is 1. The first-order valence-electron chi connectivity index (χ1n) is 8.37. The molecule has 128 valence electrons. The average molecular weight is 326 g/mol. The van der Waals surface area contributed by atoms with Crippen LogP contribution in [0.4, 0.5) is 0 Å². The molecule has 0 aliphatic rings. The van der Waals surface area contributed by atoms with E-state index in [1.165, 1.54) is 11.1 Å². The van der Waals surface area contributed by atoms with Gasteiger partial charge in [0, 0.05) is 5.41 Å². The van der Waals surface area contributed by atoms with Gasteiger partial charge in [-0.2, -0.15) is 0 Å². The van der Waals surface area contributed by atoms with E-state index in [4.69, 9.17) is 9.47 Å². The van der Waals surface area contributed by atoms with E-state index in [1.807, 2.05) is 50.2 Å². The molecule has 0 spiro atoms. The zero-order valence-electron chi connectivity index (χ0n) is 15.1. The molecule has 0 N–H and O–H groups in total. The van der Waals surface area contributed by atoms with Gasteiger partial charge in [-0.15, -0.1) is 0 Å². The first-order valence-corrected chi connectivity index (χ1v) is 8.37. The third-order valence-corrected chi connectivity index (χ3v) is 4.62. The van der Waals surface area contributed by atoms with Gasteiger partial charge in [-0.25, -0.2) is 0 Å². The van der Waals surface area contributed by atoms with Crippen molar-refractivity contribution in [1.29, 1.82) is 0 Å². The quantitative estimate of drug-likeness (QED) is 0.555. The van der Waals surface area contributed by atoms with Crippen molar-refractivity contribution < 1.29 is 14.3 Å². The van der Waals surface area contributed by atoms with Crippen molar-refractivity contribution >= 4 is 5.97 Å². The first-order chi connectivity index (χ1) is 11.4. The molecule has 0 aliphatic carbocycles. The lowest BCUT2D eigenvalue weighted by atomic mass is 9.74. The van der Waals surface area contributed by atoms with Crippen LogP contribution in [0.15, 0.2) is 48.5 Å². The molecule has 0 heterocycles. The summed E-state index contributed by atoms with van der Waals surface area (Å²) in [6.45, 7) is 8.06. The molecular weight excluding hydrogens is 300 g/mol. The minimum absolute atomic E-state index is 0.104. The Hall–Kier alpha value is -2.29. The Bertz CT molecular complexity index is 671. The smallest absolute Gasteiger partial charge is 0.313 e. The molecule has 0 amide bonds. The maximum Gasteiger partial charge on any atom is 0.313 e. The van der Waals surface area contributed by atoms with E-state index in [2.05, 4.69) is 26.0 Å². The van der Waals surface area contributed by atoms with Gasteiger partial charge in [0.1, 0.15) is 11.5 Å². The van der Waals surface area contributed by atoms with E-state index in [0.717, 1.165) is 12.2 Å². The van der Waals surface area contributed by atoms with Gasteiger partial charge in [-0.05, 0) is 41.8 Å². The fourth-order valence-corrected chi connectivity index (χ4v) is 2.66. The largest absolute Gasteiger partial charge is 0.497 e. The SMILES string of the molecule is CCC(C)(c1ccc(OC)cc1)c1ccc(OC(=O)C(C)C)cc1. The molecule has 0 radical (unpaired) electrons. The van der Waals surface area contributed by atoms with E-state index in [0.29, 0.717) is 5.75 Å². The molecule has 0 aliphatic heterocycles. The summed E-state index contributed by atoms with van der Waals surface area (Å²) in [5.74, 6) is 1.10. The number of hydrogen-bond acceptors (Lipinski definition) is 3. The summed E-state index contributed by atoms with van der Waals surface area (Å²) in [6.07, 6.45) is 0.963. The van der Waals surface area contributed by atoms with Crippen LogP contribution in [0.5, 0.6) is 11.5 Å². The van der Waals surface area contributed by atoms with Crippen LogP contribution in [0, 0.1) is 5.92 Å². The molecule has 0 bridgehead atoms. The van der Waals surface area contributed by atoms with Gasteiger partial charge >= 0.3 is 5.97 Å². The number of ether oxygens (including phenoxy) is 2.